The molecule has 1 aliphatic rings. The molecule has 1 fully saturated rings. The molecule has 1 aromatic heterocycles. The Labute approximate surface area is 275 Å². The quantitative estimate of drug-likeness (QED) is 0.138. The Hall–Kier alpha value is -3.40. The SMILES string of the molecule is CCCc1cc(C(O)(C(F)(F)F)C(F)(F)F)ccc1Oc1cc(CN2C(=O)NC(C)(c3ccc(C(C)(C)C)cc3)C2=O)c(I)cn1. The third-order valence-electron chi connectivity index (χ3n) is 7.87. The lowest BCUT2D eigenvalue weighted by Gasteiger charge is -2.33. The van der Waals surface area contributed by atoms with Gasteiger partial charge >= 0.3 is 18.4 Å². The maximum Gasteiger partial charge on any atom is 0.430 e. The Bertz CT molecular complexity index is 1620. The van der Waals surface area contributed by atoms with Gasteiger partial charge in [-0.1, -0.05) is 64.4 Å². The fourth-order valence-electron chi connectivity index (χ4n) is 5.12. The molecule has 3 aromatic rings. The molecule has 2 aromatic carbocycles. The third-order valence-corrected chi connectivity index (χ3v) is 8.85. The van der Waals surface area contributed by atoms with Crippen molar-refractivity contribution >= 4 is 34.5 Å². The summed E-state index contributed by atoms with van der Waals surface area (Å²) in [5.41, 5.74) is -5.81. The average Bonchev–Trinajstić information content (AvgIpc) is 3.17. The van der Waals surface area contributed by atoms with Crippen molar-refractivity contribution in [1.82, 2.24) is 15.2 Å². The van der Waals surface area contributed by atoms with Gasteiger partial charge in [0, 0.05) is 21.4 Å². The van der Waals surface area contributed by atoms with Gasteiger partial charge in [-0.25, -0.2) is 9.78 Å². The van der Waals surface area contributed by atoms with Crippen LogP contribution < -0.4 is 10.1 Å². The zero-order chi connectivity index (χ0) is 34.5. The number of carbonyl (C=O) groups is 2. The first-order chi connectivity index (χ1) is 21.1. The van der Waals surface area contributed by atoms with Crippen LogP contribution in [0.15, 0.2) is 54.7 Å². The van der Waals surface area contributed by atoms with E-state index in [1.807, 2.05) is 34.7 Å². The van der Waals surface area contributed by atoms with Gasteiger partial charge < -0.3 is 15.2 Å². The van der Waals surface area contributed by atoms with Crippen LogP contribution in [0.2, 0.25) is 0 Å². The summed E-state index contributed by atoms with van der Waals surface area (Å²) in [7, 11) is 0. The Balaban J connectivity index is 1.62. The second-order valence-corrected chi connectivity index (χ2v) is 13.4. The smallest absolute Gasteiger partial charge is 0.430 e. The van der Waals surface area contributed by atoms with E-state index in [0.29, 0.717) is 33.3 Å². The van der Waals surface area contributed by atoms with Crippen LogP contribution in [0.3, 0.4) is 0 Å². The molecule has 1 atom stereocenters. The number of aryl methyl sites for hydroxylation is 1. The number of rotatable bonds is 8. The van der Waals surface area contributed by atoms with Gasteiger partial charge in [0.1, 0.15) is 11.3 Å². The first kappa shape index (κ1) is 35.5. The highest BCUT2D eigenvalue weighted by Gasteiger charge is 2.71. The molecule has 1 unspecified atom stereocenters. The molecule has 0 radical (unpaired) electrons. The summed E-state index contributed by atoms with van der Waals surface area (Å²) < 4.78 is 87.3. The number of ether oxygens (including phenoxy) is 1. The molecule has 46 heavy (non-hydrogen) atoms. The van der Waals surface area contributed by atoms with Gasteiger partial charge in [0.15, 0.2) is 0 Å². The van der Waals surface area contributed by atoms with Gasteiger partial charge in [0.2, 0.25) is 5.88 Å². The Morgan fingerprint density at radius 2 is 1.52 bits per heavy atom. The highest BCUT2D eigenvalue weighted by atomic mass is 127. The third kappa shape index (κ3) is 6.55. The van der Waals surface area contributed by atoms with Crippen LogP contribution >= 0.6 is 22.6 Å². The summed E-state index contributed by atoms with van der Waals surface area (Å²) >= 11 is 1.96. The molecule has 248 valence electrons. The summed E-state index contributed by atoms with van der Waals surface area (Å²) in [5, 5.41) is 12.6. The zero-order valence-corrected chi connectivity index (χ0v) is 27.7. The predicted octanol–water partition coefficient (Wildman–Crippen LogP) is 8.01. The van der Waals surface area contributed by atoms with Crippen molar-refractivity contribution in [2.24, 2.45) is 0 Å². The maximum atomic E-state index is 13.6. The van der Waals surface area contributed by atoms with E-state index in [4.69, 9.17) is 4.74 Å². The summed E-state index contributed by atoms with van der Waals surface area (Å²) in [6.45, 7) is 9.29. The van der Waals surface area contributed by atoms with E-state index in [1.165, 1.54) is 12.3 Å². The molecular formula is C32H32F6IN3O4. The van der Waals surface area contributed by atoms with E-state index < -0.39 is 41.0 Å². The van der Waals surface area contributed by atoms with Crippen molar-refractivity contribution in [1.29, 1.82) is 0 Å². The number of carbonyl (C=O) groups excluding carboxylic acids is 2. The van der Waals surface area contributed by atoms with Crippen LogP contribution in [-0.4, -0.2) is 39.3 Å². The van der Waals surface area contributed by atoms with Crippen LogP contribution in [0.25, 0.3) is 0 Å². The molecule has 4 rings (SSSR count). The second-order valence-electron chi connectivity index (χ2n) is 12.3. The van der Waals surface area contributed by atoms with E-state index in [1.54, 1.807) is 26.0 Å². The fraction of sp³-hybridized carbons (Fsp3) is 0.406. The second kappa shape index (κ2) is 12.3. The van der Waals surface area contributed by atoms with Gasteiger partial charge in [-0.15, -0.1) is 0 Å². The summed E-state index contributed by atoms with van der Waals surface area (Å²) in [5.74, 6) is -0.632. The van der Waals surface area contributed by atoms with Crippen molar-refractivity contribution in [2.45, 2.75) is 82.9 Å². The van der Waals surface area contributed by atoms with Crippen LogP contribution in [0.4, 0.5) is 31.1 Å². The fourth-order valence-corrected chi connectivity index (χ4v) is 5.58. The highest BCUT2D eigenvalue weighted by Crippen LogP contribution is 2.50. The van der Waals surface area contributed by atoms with Crippen LogP contribution in [0, 0.1) is 3.57 Å². The number of urea groups is 1. The Morgan fingerprint density at radius 1 is 0.935 bits per heavy atom. The van der Waals surface area contributed by atoms with Gasteiger partial charge in [-0.3, -0.25) is 9.69 Å². The van der Waals surface area contributed by atoms with E-state index in [2.05, 4.69) is 31.1 Å². The lowest BCUT2D eigenvalue weighted by atomic mass is 9.84. The number of hydrogen-bond donors (Lipinski definition) is 2. The van der Waals surface area contributed by atoms with Gasteiger partial charge in [0.25, 0.3) is 11.5 Å². The monoisotopic (exact) mass is 763 g/mol. The molecule has 7 nitrogen and oxygen atoms in total. The number of pyridine rings is 1. The van der Waals surface area contributed by atoms with E-state index >= 15 is 0 Å². The minimum atomic E-state index is -6.03. The molecular weight excluding hydrogens is 731 g/mol. The number of aliphatic hydroxyl groups is 1. The number of halogens is 7. The van der Waals surface area contributed by atoms with Gasteiger partial charge in [-0.05, 0) is 75.7 Å². The van der Waals surface area contributed by atoms with Crippen molar-refractivity contribution in [3.8, 4) is 11.6 Å². The molecule has 14 heteroatoms. The van der Waals surface area contributed by atoms with E-state index in [0.717, 1.165) is 16.5 Å². The number of amides is 3. The summed E-state index contributed by atoms with van der Waals surface area (Å²) in [6.07, 6.45) is -10.3. The minimum Gasteiger partial charge on any atom is -0.439 e. The Morgan fingerprint density at radius 3 is 2.07 bits per heavy atom. The standard InChI is InChI=1S/C32H32F6IN3O4/c1-6-7-18-14-22(30(45,31(33,34)35)32(36,37)38)12-13-24(18)46-25-15-19(23(39)16-40-25)17-42-26(43)29(5,41-27(42)44)21-10-8-20(9-11-21)28(2,3)4/h8-16,45H,6-7,17H2,1-5H3,(H,41,44). The van der Waals surface area contributed by atoms with Gasteiger partial charge in [0.05, 0.1) is 6.54 Å². The van der Waals surface area contributed by atoms with Crippen LogP contribution in [-0.2, 0) is 34.3 Å². The molecule has 0 spiro atoms. The molecule has 3 amide bonds. The molecule has 2 N–H and O–H groups in total. The first-order valence-corrected chi connectivity index (χ1v) is 15.3. The number of nitrogens with zero attached hydrogens (tertiary/aromatic N) is 2. The van der Waals surface area contributed by atoms with Crippen molar-refractivity contribution in [3.05, 3.63) is 86.1 Å². The van der Waals surface area contributed by atoms with Crippen molar-refractivity contribution in [3.63, 3.8) is 0 Å². The van der Waals surface area contributed by atoms with Crippen molar-refractivity contribution in [2.75, 3.05) is 0 Å². The molecule has 1 saturated heterocycles. The predicted molar refractivity (Wildman–Crippen MR) is 165 cm³/mol. The normalized spacial score (nSPS) is 17.8. The number of benzene rings is 2. The zero-order valence-electron chi connectivity index (χ0n) is 25.5. The minimum absolute atomic E-state index is 0.0174. The molecule has 0 saturated carbocycles. The van der Waals surface area contributed by atoms with E-state index in [9.17, 15) is 41.0 Å². The number of imide groups is 1. The van der Waals surface area contributed by atoms with Crippen LogP contribution in [0.1, 0.15) is 68.9 Å². The Kier molecular flexibility index (Phi) is 9.50. The number of nitrogens with one attached hydrogen (secondary N) is 1. The summed E-state index contributed by atoms with van der Waals surface area (Å²) in [4.78, 5) is 31.8. The first-order valence-electron chi connectivity index (χ1n) is 14.2. The molecule has 0 aliphatic carbocycles. The van der Waals surface area contributed by atoms with Crippen molar-refractivity contribution < 1.29 is 45.8 Å². The average molecular weight is 764 g/mol. The molecule has 0 bridgehead atoms. The lowest BCUT2D eigenvalue weighted by molar-refractivity contribution is -0.376. The lowest BCUT2D eigenvalue weighted by Crippen LogP contribution is -2.53. The molecule has 1 aliphatic heterocycles. The number of aromatic nitrogens is 1. The topological polar surface area (TPSA) is 91.8 Å². The van der Waals surface area contributed by atoms with Crippen LogP contribution in [0.5, 0.6) is 11.6 Å². The largest absolute Gasteiger partial charge is 0.439 e. The van der Waals surface area contributed by atoms with E-state index in [-0.39, 0.29) is 35.6 Å². The number of alkyl halides is 6. The molecule has 2 heterocycles. The number of hydrogen-bond acceptors (Lipinski definition) is 5. The van der Waals surface area contributed by atoms with Gasteiger partial charge in [-0.2, -0.15) is 26.3 Å². The maximum absolute atomic E-state index is 13.6. The summed E-state index contributed by atoms with van der Waals surface area (Å²) in [6, 6.07) is 10.3. The highest BCUT2D eigenvalue weighted by molar-refractivity contribution is 14.1.